The molecule has 0 bridgehead atoms. The number of carbonyl (C=O) groups is 1. The fourth-order valence-electron chi connectivity index (χ4n) is 1.59. The first-order chi connectivity index (χ1) is 8.75. The van der Waals surface area contributed by atoms with Crippen molar-refractivity contribution in [1.82, 2.24) is 4.98 Å². The molecule has 4 nitrogen and oxygen atoms in total. The molecule has 0 atom stereocenters. The first-order valence-corrected chi connectivity index (χ1v) is 6.66. The summed E-state index contributed by atoms with van der Waals surface area (Å²) in [5.41, 5.74) is 6.19. The lowest BCUT2D eigenvalue weighted by atomic mass is 10.2. The monoisotopic (exact) mass is 261 g/mol. The molecule has 0 aliphatic carbocycles. The molecule has 2 rings (SSSR count). The van der Waals surface area contributed by atoms with Crippen LogP contribution in [0.3, 0.4) is 0 Å². The van der Waals surface area contributed by atoms with E-state index < -0.39 is 0 Å². The number of pyridine rings is 1. The molecule has 2 aromatic heterocycles. The lowest BCUT2D eigenvalue weighted by Crippen LogP contribution is -2.13. The molecular formula is C13H15N3OS. The summed E-state index contributed by atoms with van der Waals surface area (Å²) in [4.78, 5) is 17.0. The molecule has 94 valence electrons. The van der Waals surface area contributed by atoms with E-state index in [9.17, 15) is 4.79 Å². The van der Waals surface area contributed by atoms with Crippen molar-refractivity contribution in [2.24, 2.45) is 0 Å². The van der Waals surface area contributed by atoms with Crippen LogP contribution in [-0.2, 0) is 11.2 Å². The number of nitrogens with one attached hydrogen (secondary N) is 1. The minimum atomic E-state index is -0.0445. The van der Waals surface area contributed by atoms with Crippen molar-refractivity contribution in [3.8, 4) is 0 Å². The van der Waals surface area contributed by atoms with Gasteiger partial charge in [-0.25, -0.2) is 4.98 Å². The third-order valence-corrected chi connectivity index (χ3v) is 3.44. The lowest BCUT2D eigenvalue weighted by molar-refractivity contribution is -0.116. The van der Waals surface area contributed by atoms with Gasteiger partial charge in [-0.05, 0) is 36.4 Å². The van der Waals surface area contributed by atoms with Crippen molar-refractivity contribution in [2.75, 3.05) is 11.1 Å². The molecule has 1 amide bonds. The van der Waals surface area contributed by atoms with Gasteiger partial charge in [0.1, 0.15) is 0 Å². The van der Waals surface area contributed by atoms with Crippen LogP contribution >= 0.6 is 11.3 Å². The third-order valence-electron chi connectivity index (χ3n) is 2.50. The Hall–Kier alpha value is -1.88. The van der Waals surface area contributed by atoms with Crippen LogP contribution in [-0.4, -0.2) is 10.9 Å². The molecule has 2 aromatic rings. The van der Waals surface area contributed by atoms with Crippen LogP contribution in [0, 0.1) is 0 Å². The summed E-state index contributed by atoms with van der Waals surface area (Å²) >= 11 is 1.72. The number of aryl methyl sites for hydroxylation is 1. The standard InChI is InChI=1S/C13H15N3OS/c14-11-6-2-8-15-13(11)16-12(17)7-1-4-10-5-3-9-18-10/h2-3,5-6,8-9H,1,4,7,14H2,(H,15,16,17). The van der Waals surface area contributed by atoms with Gasteiger partial charge in [-0.2, -0.15) is 0 Å². The van der Waals surface area contributed by atoms with E-state index in [-0.39, 0.29) is 5.91 Å². The molecule has 0 radical (unpaired) electrons. The van der Waals surface area contributed by atoms with Crippen molar-refractivity contribution >= 4 is 28.7 Å². The second-order valence-electron chi connectivity index (χ2n) is 3.92. The van der Waals surface area contributed by atoms with Gasteiger partial charge in [0.15, 0.2) is 5.82 Å². The normalized spacial score (nSPS) is 10.2. The number of hydrogen-bond acceptors (Lipinski definition) is 4. The zero-order valence-corrected chi connectivity index (χ0v) is 10.7. The number of nitrogens with two attached hydrogens (primary N) is 1. The average Bonchev–Trinajstić information content (AvgIpc) is 2.85. The van der Waals surface area contributed by atoms with Gasteiger partial charge in [-0.1, -0.05) is 6.07 Å². The summed E-state index contributed by atoms with van der Waals surface area (Å²) in [5.74, 6) is 0.399. The Kier molecular flexibility index (Phi) is 4.30. The maximum atomic E-state index is 11.7. The number of thiophene rings is 1. The van der Waals surface area contributed by atoms with Crippen LogP contribution in [0.25, 0.3) is 0 Å². The smallest absolute Gasteiger partial charge is 0.225 e. The lowest BCUT2D eigenvalue weighted by Gasteiger charge is -2.06. The Labute approximate surface area is 110 Å². The van der Waals surface area contributed by atoms with Crippen LogP contribution in [0.15, 0.2) is 35.8 Å². The number of carbonyl (C=O) groups excluding carboxylic acids is 1. The van der Waals surface area contributed by atoms with E-state index in [1.807, 2.05) is 11.4 Å². The highest BCUT2D eigenvalue weighted by atomic mass is 32.1. The molecule has 0 spiro atoms. The predicted octanol–water partition coefficient (Wildman–Crippen LogP) is 2.69. The number of rotatable bonds is 5. The number of aromatic nitrogens is 1. The Morgan fingerprint density at radius 3 is 3.00 bits per heavy atom. The number of amides is 1. The Balaban J connectivity index is 1.77. The maximum Gasteiger partial charge on any atom is 0.225 e. The van der Waals surface area contributed by atoms with Crippen LogP contribution < -0.4 is 11.1 Å². The van der Waals surface area contributed by atoms with Gasteiger partial charge >= 0.3 is 0 Å². The van der Waals surface area contributed by atoms with Gasteiger partial charge in [-0.15, -0.1) is 11.3 Å². The second-order valence-corrected chi connectivity index (χ2v) is 4.95. The quantitative estimate of drug-likeness (QED) is 0.869. The molecule has 0 saturated heterocycles. The molecule has 0 aliphatic rings. The number of nitrogen functional groups attached to an aromatic ring is 1. The van der Waals surface area contributed by atoms with Gasteiger partial charge in [0.2, 0.25) is 5.91 Å². The highest BCUT2D eigenvalue weighted by Gasteiger charge is 2.05. The summed E-state index contributed by atoms with van der Waals surface area (Å²) in [6, 6.07) is 7.56. The summed E-state index contributed by atoms with van der Waals surface area (Å²) in [5, 5.41) is 4.76. The predicted molar refractivity (Wildman–Crippen MR) is 74.5 cm³/mol. The van der Waals surface area contributed by atoms with Gasteiger partial charge < -0.3 is 11.1 Å². The molecule has 5 heteroatoms. The second kappa shape index (κ2) is 6.16. The van der Waals surface area contributed by atoms with Crippen molar-refractivity contribution in [2.45, 2.75) is 19.3 Å². The first kappa shape index (κ1) is 12.6. The molecule has 0 fully saturated rings. The van der Waals surface area contributed by atoms with Crippen LogP contribution in [0.1, 0.15) is 17.7 Å². The van der Waals surface area contributed by atoms with Crippen molar-refractivity contribution in [3.63, 3.8) is 0 Å². The zero-order chi connectivity index (χ0) is 12.8. The third kappa shape index (κ3) is 3.56. The van der Waals surface area contributed by atoms with Crippen LogP contribution in [0.2, 0.25) is 0 Å². The number of hydrogen-bond donors (Lipinski definition) is 2. The van der Waals surface area contributed by atoms with Gasteiger partial charge in [0, 0.05) is 17.5 Å². The van der Waals surface area contributed by atoms with E-state index in [2.05, 4.69) is 16.4 Å². The van der Waals surface area contributed by atoms with Crippen molar-refractivity contribution in [1.29, 1.82) is 0 Å². The average molecular weight is 261 g/mol. The fraction of sp³-hybridized carbons (Fsp3) is 0.231. The summed E-state index contributed by atoms with van der Waals surface area (Å²) < 4.78 is 0. The highest BCUT2D eigenvalue weighted by Crippen LogP contribution is 2.15. The minimum Gasteiger partial charge on any atom is -0.396 e. The van der Waals surface area contributed by atoms with Crippen molar-refractivity contribution < 1.29 is 4.79 Å². The highest BCUT2D eigenvalue weighted by molar-refractivity contribution is 7.09. The van der Waals surface area contributed by atoms with E-state index in [1.165, 1.54) is 4.88 Å². The van der Waals surface area contributed by atoms with Crippen LogP contribution in [0.4, 0.5) is 11.5 Å². The van der Waals surface area contributed by atoms with E-state index in [4.69, 9.17) is 5.73 Å². The fourth-order valence-corrected chi connectivity index (χ4v) is 2.35. The van der Waals surface area contributed by atoms with Gasteiger partial charge in [-0.3, -0.25) is 4.79 Å². The number of anilines is 2. The van der Waals surface area contributed by atoms with E-state index in [0.29, 0.717) is 17.9 Å². The van der Waals surface area contributed by atoms with Gasteiger partial charge in [0.05, 0.1) is 5.69 Å². The first-order valence-electron chi connectivity index (χ1n) is 5.78. The number of nitrogens with zero attached hydrogens (tertiary/aromatic N) is 1. The molecule has 0 saturated carbocycles. The molecule has 18 heavy (non-hydrogen) atoms. The Bertz CT molecular complexity index is 511. The maximum absolute atomic E-state index is 11.7. The topological polar surface area (TPSA) is 68.0 Å². The summed E-state index contributed by atoms with van der Waals surface area (Å²) in [6.45, 7) is 0. The van der Waals surface area contributed by atoms with E-state index in [0.717, 1.165) is 12.8 Å². The summed E-state index contributed by atoms with van der Waals surface area (Å²) in [6.07, 6.45) is 3.85. The van der Waals surface area contributed by atoms with E-state index in [1.54, 1.807) is 29.7 Å². The van der Waals surface area contributed by atoms with Gasteiger partial charge in [0.25, 0.3) is 0 Å². The van der Waals surface area contributed by atoms with E-state index >= 15 is 0 Å². The largest absolute Gasteiger partial charge is 0.396 e. The Morgan fingerprint density at radius 1 is 1.39 bits per heavy atom. The SMILES string of the molecule is Nc1cccnc1NC(=O)CCCc1cccs1. The Morgan fingerprint density at radius 2 is 2.28 bits per heavy atom. The molecule has 3 N–H and O–H groups in total. The summed E-state index contributed by atoms with van der Waals surface area (Å²) in [7, 11) is 0. The molecular weight excluding hydrogens is 246 g/mol. The zero-order valence-electron chi connectivity index (χ0n) is 9.93. The van der Waals surface area contributed by atoms with Crippen molar-refractivity contribution in [3.05, 3.63) is 40.7 Å². The molecule has 0 unspecified atom stereocenters. The molecule has 0 aliphatic heterocycles. The minimum absolute atomic E-state index is 0.0445. The molecule has 2 heterocycles. The molecule has 0 aromatic carbocycles. The van der Waals surface area contributed by atoms with Crippen LogP contribution in [0.5, 0.6) is 0 Å².